The first kappa shape index (κ1) is 17.4. The van der Waals surface area contributed by atoms with Gasteiger partial charge >= 0.3 is 0 Å². The zero-order valence-electron chi connectivity index (χ0n) is 13.2. The molecule has 0 atom stereocenters. The van der Waals surface area contributed by atoms with Gasteiger partial charge in [0.1, 0.15) is 10.7 Å². The number of nitrogens with zero attached hydrogens (tertiary/aromatic N) is 1. The summed E-state index contributed by atoms with van der Waals surface area (Å²) >= 11 is 5.82. The summed E-state index contributed by atoms with van der Waals surface area (Å²) in [4.78, 5) is 12.1. The van der Waals surface area contributed by atoms with Crippen molar-refractivity contribution in [1.82, 2.24) is 5.32 Å². The smallest absolute Gasteiger partial charge is 0.286 e. The molecule has 1 aliphatic rings. The summed E-state index contributed by atoms with van der Waals surface area (Å²) in [6.07, 6.45) is 0.526. The van der Waals surface area contributed by atoms with E-state index in [-0.39, 0.29) is 23.1 Å². The number of hydrogen-bond acceptors (Lipinski definition) is 4. The first-order valence-electron chi connectivity index (χ1n) is 7.65. The summed E-state index contributed by atoms with van der Waals surface area (Å²) in [6, 6.07) is 13.8. The normalized spacial score (nSPS) is 14.8. The SMILES string of the molecule is O=C(CC1=NS(=O)(=O)c2ccccc2N1)NCCc1ccc(Cl)cc1. The van der Waals surface area contributed by atoms with Crippen LogP contribution in [0, 0.1) is 0 Å². The minimum atomic E-state index is -3.77. The fraction of sp³-hybridized carbons (Fsp3) is 0.176. The highest BCUT2D eigenvalue weighted by molar-refractivity contribution is 7.90. The van der Waals surface area contributed by atoms with Gasteiger partial charge in [0.2, 0.25) is 5.91 Å². The summed E-state index contributed by atoms with van der Waals surface area (Å²) in [5.74, 6) is -0.183. The van der Waals surface area contributed by atoms with Crippen LogP contribution >= 0.6 is 11.6 Å². The van der Waals surface area contributed by atoms with E-state index in [1.54, 1.807) is 30.3 Å². The molecule has 0 bridgehead atoms. The quantitative estimate of drug-likeness (QED) is 0.838. The molecule has 0 saturated heterocycles. The lowest BCUT2D eigenvalue weighted by molar-refractivity contribution is -0.119. The number of nitrogens with one attached hydrogen (secondary N) is 2. The lowest BCUT2D eigenvalue weighted by Crippen LogP contribution is -2.31. The Morgan fingerprint density at radius 3 is 2.60 bits per heavy atom. The summed E-state index contributed by atoms with van der Waals surface area (Å²) < 4.78 is 27.9. The van der Waals surface area contributed by atoms with E-state index >= 15 is 0 Å². The van der Waals surface area contributed by atoms with Crippen molar-refractivity contribution in [3.63, 3.8) is 0 Å². The Balaban J connectivity index is 1.57. The molecule has 0 aromatic heterocycles. The molecule has 2 aromatic carbocycles. The fourth-order valence-corrected chi connectivity index (χ4v) is 3.73. The summed E-state index contributed by atoms with van der Waals surface area (Å²) in [6.45, 7) is 0.442. The minimum absolute atomic E-state index is 0.113. The Morgan fingerprint density at radius 2 is 1.84 bits per heavy atom. The number of fused-ring (bicyclic) bond motifs is 1. The lowest BCUT2D eigenvalue weighted by atomic mass is 10.1. The highest BCUT2D eigenvalue weighted by atomic mass is 35.5. The van der Waals surface area contributed by atoms with Gasteiger partial charge in [-0.3, -0.25) is 4.79 Å². The second-order valence-corrected chi connectivity index (χ2v) is 7.55. The number of carbonyl (C=O) groups is 1. The summed E-state index contributed by atoms with van der Waals surface area (Å²) in [5.41, 5.74) is 1.48. The molecule has 0 radical (unpaired) electrons. The summed E-state index contributed by atoms with van der Waals surface area (Å²) in [7, 11) is -3.77. The minimum Gasteiger partial charge on any atom is -0.355 e. The zero-order valence-corrected chi connectivity index (χ0v) is 14.8. The van der Waals surface area contributed by atoms with E-state index in [0.29, 0.717) is 23.7 Å². The van der Waals surface area contributed by atoms with Crippen LogP contribution in [0.4, 0.5) is 5.69 Å². The second kappa shape index (κ2) is 7.25. The zero-order chi connectivity index (χ0) is 17.9. The third-order valence-corrected chi connectivity index (χ3v) is 5.28. The van der Waals surface area contributed by atoms with Crippen LogP contribution in [0.3, 0.4) is 0 Å². The van der Waals surface area contributed by atoms with Crippen molar-refractivity contribution in [3.8, 4) is 0 Å². The monoisotopic (exact) mass is 377 g/mol. The Hall–Kier alpha value is -2.38. The van der Waals surface area contributed by atoms with Crippen LogP contribution in [0.15, 0.2) is 57.8 Å². The van der Waals surface area contributed by atoms with Gasteiger partial charge in [-0.15, -0.1) is 4.40 Å². The molecule has 0 fully saturated rings. The van der Waals surface area contributed by atoms with E-state index in [0.717, 1.165) is 5.56 Å². The molecule has 1 amide bonds. The van der Waals surface area contributed by atoms with Gasteiger partial charge in [0.05, 0.1) is 12.1 Å². The van der Waals surface area contributed by atoms with Gasteiger partial charge < -0.3 is 10.6 Å². The predicted molar refractivity (Wildman–Crippen MR) is 97.5 cm³/mol. The average Bonchev–Trinajstić information content (AvgIpc) is 2.56. The van der Waals surface area contributed by atoms with Gasteiger partial charge in [0, 0.05) is 11.6 Å². The van der Waals surface area contributed by atoms with Crippen molar-refractivity contribution in [2.24, 2.45) is 4.40 Å². The predicted octanol–water partition coefficient (Wildman–Crippen LogP) is 2.60. The molecule has 1 aliphatic heterocycles. The van der Waals surface area contributed by atoms with E-state index in [2.05, 4.69) is 15.0 Å². The number of para-hydroxylation sites is 1. The average molecular weight is 378 g/mol. The van der Waals surface area contributed by atoms with Crippen LogP contribution in [0.25, 0.3) is 0 Å². The maximum Gasteiger partial charge on any atom is 0.286 e. The number of rotatable bonds is 5. The molecule has 2 aromatic rings. The van der Waals surface area contributed by atoms with Crippen LogP contribution < -0.4 is 10.6 Å². The second-order valence-electron chi connectivity index (χ2n) is 5.54. The van der Waals surface area contributed by atoms with Crippen LogP contribution in [0.2, 0.25) is 5.02 Å². The van der Waals surface area contributed by atoms with Crippen molar-refractivity contribution in [2.45, 2.75) is 17.7 Å². The van der Waals surface area contributed by atoms with Crippen molar-refractivity contribution in [2.75, 3.05) is 11.9 Å². The largest absolute Gasteiger partial charge is 0.355 e. The molecular weight excluding hydrogens is 362 g/mol. The number of hydrogen-bond donors (Lipinski definition) is 2. The van der Waals surface area contributed by atoms with Gasteiger partial charge in [-0.25, -0.2) is 0 Å². The maximum atomic E-state index is 12.1. The number of sulfonamides is 1. The van der Waals surface area contributed by atoms with Gasteiger partial charge in [-0.2, -0.15) is 8.42 Å². The van der Waals surface area contributed by atoms with Crippen LogP contribution in [0.5, 0.6) is 0 Å². The van der Waals surface area contributed by atoms with E-state index in [4.69, 9.17) is 11.6 Å². The fourth-order valence-electron chi connectivity index (χ4n) is 2.46. The number of anilines is 1. The van der Waals surface area contributed by atoms with Crippen molar-refractivity contribution in [3.05, 3.63) is 59.1 Å². The molecule has 25 heavy (non-hydrogen) atoms. The third-order valence-electron chi connectivity index (χ3n) is 3.65. The molecule has 130 valence electrons. The van der Waals surface area contributed by atoms with Gasteiger partial charge in [0.15, 0.2) is 0 Å². The molecule has 0 unspecified atom stereocenters. The molecular formula is C17H16ClN3O3S. The topological polar surface area (TPSA) is 87.6 Å². The molecule has 0 aliphatic carbocycles. The molecule has 8 heteroatoms. The van der Waals surface area contributed by atoms with Crippen molar-refractivity contribution in [1.29, 1.82) is 0 Å². The molecule has 3 rings (SSSR count). The van der Waals surface area contributed by atoms with Gasteiger partial charge in [-0.1, -0.05) is 35.9 Å². The molecule has 1 heterocycles. The van der Waals surface area contributed by atoms with Gasteiger partial charge in [0.25, 0.3) is 10.0 Å². The Morgan fingerprint density at radius 1 is 1.12 bits per heavy atom. The van der Waals surface area contributed by atoms with E-state index in [9.17, 15) is 13.2 Å². The number of benzene rings is 2. The van der Waals surface area contributed by atoms with Crippen molar-refractivity contribution >= 4 is 39.1 Å². The number of carbonyl (C=O) groups excluding carboxylic acids is 1. The molecule has 6 nitrogen and oxygen atoms in total. The maximum absolute atomic E-state index is 12.1. The molecule has 2 N–H and O–H groups in total. The highest BCUT2D eigenvalue weighted by Gasteiger charge is 2.25. The van der Waals surface area contributed by atoms with Crippen LogP contribution in [-0.4, -0.2) is 26.7 Å². The van der Waals surface area contributed by atoms with Crippen molar-refractivity contribution < 1.29 is 13.2 Å². The van der Waals surface area contributed by atoms with Crippen LogP contribution in [0.1, 0.15) is 12.0 Å². The molecule has 0 saturated carbocycles. The first-order chi connectivity index (χ1) is 11.9. The van der Waals surface area contributed by atoms with Gasteiger partial charge in [-0.05, 0) is 36.2 Å². The highest BCUT2D eigenvalue weighted by Crippen LogP contribution is 2.26. The standard InChI is InChI=1S/C17H16ClN3O3S/c18-13-7-5-12(6-8-13)9-10-19-17(22)11-16-20-14-3-1-2-4-15(14)25(23,24)21-16/h1-8H,9-11H2,(H,19,22)(H,20,21). The Kier molecular flexibility index (Phi) is 5.06. The summed E-state index contributed by atoms with van der Waals surface area (Å²) in [5, 5.41) is 6.31. The van der Waals surface area contributed by atoms with E-state index in [1.807, 2.05) is 12.1 Å². The number of amides is 1. The lowest BCUT2D eigenvalue weighted by Gasteiger charge is -2.17. The Labute approximate surface area is 151 Å². The number of amidine groups is 1. The number of halogens is 1. The van der Waals surface area contributed by atoms with E-state index < -0.39 is 10.0 Å². The Bertz CT molecular complexity index is 924. The van der Waals surface area contributed by atoms with Crippen LogP contribution in [-0.2, 0) is 21.2 Å². The third kappa shape index (κ3) is 4.37. The first-order valence-corrected chi connectivity index (χ1v) is 9.47. The molecule has 0 spiro atoms. The van der Waals surface area contributed by atoms with E-state index in [1.165, 1.54) is 6.07 Å².